The van der Waals surface area contributed by atoms with Gasteiger partial charge in [-0.25, -0.2) is 0 Å². The Labute approximate surface area is 118 Å². The van der Waals surface area contributed by atoms with E-state index in [-0.39, 0.29) is 27.6 Å². The van der Waals surface area contributed by atoms with Gasteiger partial charge in [0, 0.05) is 6.07 Å². The molecule has 21 heavy (non-hydrogen) atoms. The van der Waals surface area contributed by atoms with Gasteiger partial charge in [-0.05, 0) is 23.4 Å². The van der Waals surface area contributed by atoms with Gasteiger partial charge >= 0.3 is 5.69 Å². The van der Waals surface area contributed by atoms with E-state index in [0.717, 1.165) is 0 Å². The number of nitrogens with zero attached hydrogens (tertiary/aromatic N) is 4. The van der Waals surface area contributed by atoms with Crippen molar-refractivity contribution in [1.29, 1.82) is 0 Å². The van der Waals surface area contributed by atoms with E-state index in [1.807, 2.05) is 0 Å². The highest BCUT2D eigenvalue weighted by Crippen LogP contribution is 2.27. The van der Waals surface area contributed by atoms with E-state index in [4.69, 9.17) is 0 Å². The lowest BCUT2D eigenvalue weighted by molar-refractivity contribution is -0.439. The number of benzene rings is 2. The number of anilines is 1. The monoisotopic (exact) mass is 287 g/mol. The van der Waals surface area contributed by atoms with Crippen molar-refractivity contribution >= 4 is 22.7 Å². The van der Waals surface area contributed by atoms with Crippen LogP contribution in [0.5, 0.6) is 0 Å². The van der Waals surface area contributed by atoms with E-state index in [9.17, 15) is 20.2 Å². The lowest BCUT2D eigenvalue weighted by atomic mass is 10.3. The molecule has 2 aromatic rings. The highest BCUT2D eigenvalue weighted by atomic mass is 16.6. The molecule has 0 saturated heterocycles. The lowest BCUT2D eigenvalue weighted by Crippen LogP contribution is -2.00. The molecule has 0 heterocycles. The second-order valence-corrected chi connectivity index (χ2v) is 3.84. The van der Waals surface area contributed by atoms with E-state index in [0.29, 0.717) is 0 Å². The van der Waals surface area contributed by atoms with Gasteiger partial charge in [0.25, 0.3) is 0 Å². The summed E-state index contributed by atoms with van der Waals surface area (Å²) in [6.45, 7) is 0. The van der Waals surface area contributed by atoms with Gasteiger partial charge in [0.1, 0.15) is 0 Å². The zero-order valence-corrected chi connectivity index (χ0v) is 10.5. The van der Waals surface area contributed by atoms with Crippen LogP contribution in [0.1, 0.15) is 0 Å². The predicted octanol–water partition coefficient (Wildman–Crippen LogP) is 3.61. The predicted molar refractivity (Wildman–Crippen MR) is 74.3 cm³/mol. The van der Waals surface area contributed by atoms with Gasteiger partial charge < -0.3 is 5.21 Å². The Kier molecular flexibility index (Phi) is 4.14. The molecule has 0 fully saturated rings. The largest absolute Gasteiger partial charge is 0.691 e. The normalized spacial score (nSPS) is 11.0. The van der Waals surface area contributed by atoms with Crippen LogP contribution in [0.2, 0.25) is 0 Å². The molecule has 0 atom stereocenters. The first-order chi connectivity index (χ1) is 10.1. The first-order valence-corrected chi connectivity index (χ1v) is 5.73. The van der Waals surface area contributed by atoms with Crippen LogP contribution in [-0.2, 0) is 0 Å². The number of nitro groups is 1. The number of nitroso groups, excluding NO2 is 1. The summed E-state index contributed by atoms with van der Waals surface area (Å²) in [5.41, 5.74) is 1.97. The summed E-state index contributed by atoms with van der Waals surface area (Å²) in [5.74, 6) is 0. The SMILES string of the molecule is O=Nc1ccccc1/[N+]([O-])=N\Nc1ccccc1[N+](=O)[O-]. The van der Waals surface area contributed by atoms with Gasteiger partial charge in [-0.3, -0.25) is 10.1 Å². The third-order valence-electron chi connectivity index (χ3n) is 2.55. The minimum Gasteiger partial charge on any atom is -0.691 e. The fourth-order valence-corrected chi connectivity index (χ4v) is 1.58. The standard InChI is InChI=1S/C12H9N5O4/c18-14-10-6-2-3-7-11(10)16(19)15-13-9-5-1-4-8-12(9)17(20)21/h1-8,13H/b16-15+. The zero-order chi connectivity index (χ0) is 15.2. The van der Waals surface area contributed by atoms with Crippen molar-refractivity contribution in [1.82, 2.24) is 0 Å². The number of para-hydroxylation sites is 3. The molecule has 0 bridgehead atoms. The molecule has 0 unspecified atom stereocenters. The molecule has 0 radical (unpaired) electrons. The van der Waals surface area contributed by atoms with Gasteiger partial charge in [-0.15, -0.1) is 15.2 Å². The van der Waals surface area contributed by atoms with Crippen molar-refractivity contribution < 1.29 is 9.78 Å². The maximum atomic E-state index is 11.8. The van der Waals surface area contributed by atoms with Gasteiger partial charge in [0.2, 0.25) is 5.69 Å². The smallest absolute Gasteiger partial charge is 0.317 e. The number of rotatable bonds is 5. The van der Waals surface area contributed by atoms with Crippen LogP contribution in [0.25, 0.3) is 0 Å². The Morgan fingerprint density at radius 1 is 0.952 bits per heavy atom. The molecule has 9 heteroatoms. The van der Waals surface area contributed by atoms with Crippen molar-refractivity contribution in [3.05, 3.63) is 68.8 Å². The zero-order valence-electron chi connectivity index (χ0n) is 10.5. The van der Waals surface area contributed by atoms with E-state index in [1.165, 1.54) is 36.4 Å². The molecule has 0 aromatic heterocycles. The Bertz CT molecular complexity index is 716. The van der Waals surface area contributed by atoms with E-state index < -0.39 is 4.92 Å². The highest BCUT2D eigenvalue weighted by molar-refractivity contribution is 5.60. The number of nitro benzene ring substituents is 1. The van der Waals surface area contributed by atoms with Crippen LogP contribution in [0, 0.1) is 20.2 Å². The summed E-state index contributed by atoms with van der Waals surface area (Å²) in [6, 6.07) is 11.5. The fourth-order valence-electron chi connectivity index (χ4n) is 1.58. The Balaban J connectivity index is 2.29. The third-order valence-corrected chi connectivity index (χ3v) is 2.55. The van der Waals surface area contributed by atoms with Crippen molar-refractivity contribution in [3.8, 4) is 0 Å². The van der Waals surface area contributed by atoms with E-state index >= 15 is 0 Å². The summed E-state index contributed by atoms with van der Waals surface area (Å²) in [5, 5.41) is 28.8. The summed E-state index contributed by atoms with van der Waals surface area (Å²) in [4.78, 5) is 20.9. The minimum atomic E-state index is -0.603. The van der Waals surface area contributed by atoms with Crippen molar-refractivity contribution in [3.63, 3.8) is 0 Å². The molecule has 2 rings (SSSR count). The topological polar surface area (TPSA) is 123 Å². The summed E-state index contributed by atoms with van der Waals surface area (Å²) in [6.07, 6.45) is 0. The molecule has 0 amide bonds. The number of hydrogen-bond donors (Lipinski definition) is 1. The Morgan fingerprint density at radius 2 is 1.57 bits per heavy atom. The molecular formula is C12H9N5O4. The van der Waals surface area contributed by atoms with Gasteiger partial charge in [-0.1, -0.05) is 24.3 Å². The van der Waals surface area contributed by atoms with Crippen LogP contribution in [0.4, 0.5) is 22.7 Å². The van der Waals surface area contributed by atoms with Gasteiger partial charge in [0.05, 0.1) is 10.1 Å². The van der Waals surface area contributed by atoms with Crippen molar-refractivity contribution in [2.45, 2.75) is 0 Å². The average Bonchev–Trinajstić information content (AvgIpc) is 2.52. The molecule has 0 aliphatic heterocycles. The van der Waals surface area contributed by atoms with Crippen molar-refractivity contribution in [2.24, 2.45) is 10.4 Å². The second-order valence-electron chi connectivity index (χ2n) is 3.84. The molecule has 106 valence electrons. The first kappa shape index (κ1) is 14.1. The van der Waals surface area contributed by atoms with Crippen LogP contribution < -0.4 is 5.43 Å². The number of nitrogens with one attached hydrogen (secondary N) is 1. The van der Waals surface area contributed by atoms with E-state index in [2.05, 4.69) is 15.8 Å². The highest BCUT2D eigenvalue weighted by Gasteiger charge is 2.16. The second kappa shape index (κ2) is 6.19. The molecule has 0 aliphatic rings. The third kappa shape index (κ3) is 3.15. The maximum Gasteiger partial charge on any atom is 0.317 e. The van der Waals surface area contributed by atoms with Gasteiger partial charge in [0.15, 0.2) is 11.4 Å². The van der Waals surface area contributed by atoms with Crippen molar-refractivity contribution in [2.75, 3.05) is 5.43 Å². The maximum absolute atomic E-state index is 11.8. The van der Waals surface area contributed by atoms with E-state index in [1.54, 1.807) is 12.1 Å². The summed E-state index contributed by atoms with van der Waals surface area (Å²) < 4.78 is 0. The molecule has 9 nitrogen and oxygen atoms in total. The van der Waals surface area contributed by atoms with Crippen LogP contribution in [0.3, 0.4) is 0 Å². The molecule has 0 saturated carbocycles. The molecule has 2 aromatic carbocycles. The fraction of sp³-hybridized carbons (Fsp3) is 0. The Hall–Kier alpha value is -3.36. The quantitative estimate of drug-likeness (QED) is 0.296. The molecule has 1 N–H and O–H groups in total. The first-order valence-electron chi connectivity index (χ1n) is 5.73. The Morgan fingerprint density at radius 3 is 2.24 bits per heavy atom. The molecule has 0 aliphatic carbocycles. The van der Waals surface area contributed by atoms with Crippen LogP contribution in [0.15, 0.2) is 58.9 Å². The minimum absolute atomic E-state index is 0.0555. The lowest BCUT2D eigenvalue weighted by Gasteiger charge is -2.06. The molecule has 0 spiro atoms. The molecular weight excluding hydrogens is 278 g/mol. The number of hydrogen-bond acceptors (Lipinski definition) is 6. The average molecular weight is 287 g/mol. The summed E-state index contributed by atoms with van der Waals surface area (Å²) >= 11 is 0. The summed E-state index contributed by atoms with van der Waals surface area (Å²) in [7, 11) is 0. The van der Waals surface area contributed by atoms with Gasteiger partial charge in [-0.2, -0.15) is 0 Å². The van der Waals surface area contributed by atoms with Crippen LogP contribution in [-0.4, -0.2) is 9.78 Å². The van der Waals surface area contributed by atoms with Crippen LogP contribution >= 0.6 is 0 Å².